The Labute approximate surface area is 85.5 Å². The van der Waals surface area contributed by atoms with E-state index < -0.39 is 0 Å². The lowest BCUT2D eigenvalue weighted by atomic mass is 10.0. The second kappa shape index (κ2) is 4.09. The molecule has 1 aliphatic carbocycles. The highest BCUT2D eigenvalue weighted by atomic mass is 14.8. The monoisotopic (exact) mass is 190 g/mol. The summed E-state index contributed by atoms with van der Waals surface area (Å²) in [5.74, 6) is 0.963. The molecule has 1 saturated carbocycles. The number of hydrogen-bond donors (Lipinski definition) is 1. The first kappa shape index (κ1) is 9.66. The van der Waals surface area contributed by atoms with Gasteiger partial charge in [0.05, 0.1) is 5.69 Å². The molecule has 2 nitrogen and oxygen atoms in total. The third-order valence-corrected chi connectivity index (χ3v) is 2.98. The highest BCUT2D eigenvalue weighted by Crippen LogP contribution is 2.35. The van der Waals surface area contributed by atoms with Crippen molar-refractivity contribution in [2.75, 3.05) is 0 Å². The van der Waals surface area contributed by atoms with Crippen LogP contribution in [-0.4, -0.2) is 4.98 Å². The third kappa shape index (κ3) is 2.32. The zero-order valence-electron chi connectivity index (χ0n) is 8.74. The van der Waals surface area contributed by atoms with Gasteiger partial charge in [0.15, 0.2) is 0 Å². The predicted octanol–water partition coefficient (Wildman–Crippen LogP) is 2.58. The van der Waals surface area contributed by atoms with E-state index in [4.69, 9.17) is 5.73 Å². The molecule has 14 heavy (non-hydrogen) atoms. The highest BCUT2D eigenvalue weighted by molar-refractivity contribution is 5.20. The molecule has 2 N–H and O–H groups in total. The third-order valence-electron chi connectivity index (χ3n) is 2.98. The number of nitrogens with zero attached hydrogens (tertiary/aromatic N) is 1. The van der Waals surface area contributed by atoms with Gasteiger partial charge in [0.2, 0.25) is 0 Å². The Bertz CT molecular complexity index is 305. The van der Waals surface area contributed by atoms with Crippen molar-refractivity contribution < 1.29 is 0 Å². The number of aromatic nitrogens is 1. The lowest BCUT2D eigenvalue weighted by molar-refractivity contribution is 0.562. The lowest BCUT2D eigenvalue weighted by Crippen LogP contribution is -2.13. The second-order valence-electron chi connectivity index (χ2n) is 4.33. The number of aryl methyl sites for hydroxylation is 1. The zero-order chi connectivity index (χ0) is 9.97. The van der Waals surface area contributed by atoms with Crippen molar-refractivity contribution in [3.05, 3.63) is 29.6 Å². The molecule has 1 atom stereocenters. The van der Waals surface area contributed by atoms with Crippen LogP contribution < -0.4 is 5.73 Å². The van der Waals surface area contributed by atoms with Gasteiger partial charge >= 0.3 is 0 Å². The Morgan fingerprint density at radius 3 is 3.00 bits per heavy atom. The normalized spacial score (nSPS) is 18.1. The van der Waals surface area contributed by atoms with Crippen molar-refractivity contribution in [2.45, 2.75) is 38.6 Å². The Morgan fingerprint density at radius 2 is 2.36 bits per heavy atom. The molecule has 1 aromatic rings. The average Bonchev–Trinajstić information content (AvgIpc) is 2.98. The summed E-state index contributed by atoms with van der Waals surface area (Å²) in [6.45, 7) is 2.08. The minimum atomic E-state index is 0.136. The predicted molar refractivity (Wildman–Crippen MR) is 57.9 cm³/mol. The van der Waals surface area contributed by atoms with Gasteiger partial charge in [-0.05, 0) is 37.3 Å². The topological polar surface area (TPSA) is 38.9 Å². The minimum Gasteiger partial charge on any atom is -0.323 e. The van der Waals surface area contributed by atoms with Gasteiger partial charge in [0, 0.05) is 12.2 Å². The molecule has 1 aliphatic rings. The van der Waals surface area contributed by atoms with Crippen LogP contribution in [-0.2, 0) is 0 Å². The van der Waals surface area contributed by atoms with Gasteiger partial charge in [0.1, 0.15) is 0 Å². The molecule has 1 heterocycles. The van der Waals surface area contributed by atoms with E-state index in [0.717, 1.165) is 18.0 Å². The van der Waals surface area contributed by atoms with Crippen molar-refractivity contribution in [1.29, 1.82) is 0 Å². The van der Waals surface area contributed by atoms with Gasteiger partial charge in [-0.2, -0.15) is 0 Å². The smallest absolute Gasteiger partial charge is 0.0600 e. The molecule has 0 aromatic carbocycles. The molecular formula is C12H18N2. The fraction of sp³-hybridized carbons (Fsp3) is 0.583. The van der Waals surface area contributed by atoms with E-state index in [9.17, 15) is 0 Å². The molecule has 1 aromatic heterocycles. The number of nitrogens with two attached hydrogens (primary N) is 1. The molecule has 2 rings (SSSR count). The molecule has 0 bridgehead atoms. The summed E-state index contributed by atoms with van der Waals surface area (Å²) < 4.78 is 0. The van der Waals surface area contributed by atoms with Gasteiger partial charge in [0.25, 0.3) is 0 Å². The largest absolute Gasteiger partial charge is 0.323 e. The van der Waals surface area contributed by atoms with E-state index in [1.807, 2.05) is 12.3 Å². The fourth-order valence-corrected chi connectivity index (χ4v) is 1.84. The first-order valence-corrected chi connectivity index (χ1v) is 5.44. The summed E-state index contributed by atoms with van der Waals surface area (Å²) >= 11 is 0. The van der Waals surface area contributed by atoms with E-state index in [-0.39, 0.29) is 6.04 Å². The van der Waals surface area contributed by atoms with Gasteiger partial charge < -0.3 is 5.73 Å². The van der Waals surface area contributed by atoms with Crippen LogP contribution in [0, 0.1) is 12.8 Å². The molecular weight excluding hydrogens is 172 g/mol. The summed E-state index contributed by atoms with van der Waals surface area (Å²) in [5.41, 5.74) is 8.40. The van der Waals surface area contributed by atoms with Crippen LogP contribution in [0.3, 0.4) is 0 Å². The quantitative estimate of drug-likeness (QED) is 0.792. The standard InChI is InChI=1S/C12H18N2/c1-9-3-2-8-14-12(9)11(13)7-6-10-4-5-10/h2-3,8,10-11H,4-7,13H2,1H3. The van der Waals surface area contributed by atoms with Crippen molar-refractivity contribution in [3.8, 4) is 0 Å². The summed E-state index contributed by atoms with van der Waals surface area (Å²) in [6, 6.07) is 4.18. The molecule has 0 saturated heterocycles. The molecule has 1 unspecified atom stereocenters. The fourth-order valence-electron chi connectivity index (χ4n) is 1.84. The van der Waals surface area contributed by atoms with Crippen LogP contribution in [0.5, 0.6) is 0 Å². The number of pyridine rings is 1. The maximum Gasteiger partial charge on any atom is 0.0600 e. The number of hydrogen-bond acceptors (Lipinski definition) is 2. The maximum atomic E-state index is 6.11. The van der Waals surface area contributed by atoms with Crippen molar-refractivity contribution in [3.63, 3.8) is 0 Å². The van der Waals surface area contributed by atoms with E-state index in [0.29, 0.717) is 0 Å². The van der Waals surface area contributed by atoms with Crippen LogP contribution in [0.25, 0.3) is 0 Å². The molecule has 1 fully saturated rings. The first-order chi connectivity index (χ1) is 6.77. The Kier molecular flexibility index (Phi) is 2.82. The summed E-state index contributed by atoms with van der Waals surface area (Å²) in [4.78, 5) is 4.35. The van der Waals surface area contributed by atoms with Gasteiger partial charge in [-0.25, -0.2) is 0 Å². The maximum absolute atomic E-state index is 6.11. The van der Waals surface area contributed by atoms with Crippen molar-refractivity contribution in [1.82, 2.24) is 4.98 Å². The molecule has 0 amide bonds. The van der Waals surface area contributed by atoms with E-state index in [2.05, 4.69) is 18.0 Å². The van der Waals surface area contributed by atoms with Gasteiger partial charge in [-0.3, -0.25) is 4.98 Å². The van der Waals surface area contributed by atoms with E-state index >= 15 is 0 Å². The Morgan fingerprint density at radius 1 is 1.57 bits per heavy atom. The molecule has 76 valence electrons. The average molecular weight is 190 g/mol. The van der Waals surface area contributed by atoms with Crippen LogP contribution >= 0.6 is 0 Å². The second-order valence-corrected chi connectivity index (χ2v) is 4.33. The summed E-state index contributed by atoms with van der Waals surface area (Å²) in [5, 5.41) is 0. The zero-order valence-corrected chi connectivity index (χ0v) is 8.74. The van der Waals surface area contributed by atoms with Crippen LogP contribution in [0.2, 0.25) is 0 Å². The summed E-state index contributed by atoms with van der Waals surface area (Å²) in [7, 11) is 0. The first-order valence-electron chi connectivity index (χ1n) is 5.44. The highest BCUT2D eigenvalue weighted by Gasteiger charge is 2.22. The SMILES string of the molecule is Cc1cccnc1C(N)CCC1CC1. The molecule has 2 heteroatoms. The van der Waals surface area contributed by atoms with Gasteiger partial charge in [-0.15, -0.1) is 0 Å². The lowest BCUT2D eigenvalue weighted by Gasteiger charge is -2.12. The summed E-state index contributed by atoms with van der Waals surface area (Å²) in [6.07, 6.45) is 7.01. The van der Waals surface area contributed by atoms with Crippen molar-refractivity contribution in [2.24, 2.45) is 11.7 Å². The van der Waals surface area contributed by atoms with Crippen molar-refractivity contribution >= 4 is 0 Å². The van der Waals surface area contributed by atoms with Crippen LogP contribution in [0.1, 0.15) is 43.0 Å². The van der Waals surface area contributed by atoms with Crippen LogP contribution in [0.15, 0.2) is 18.3 Å². The Balaban J connectivity index is 1.95. The minimum absolute atomic E-state index is 0.136. The number of rotatable bonds is 4. The molecule has 0 aliphatic heterocycles. The Hall–Kier alpha value is -0.890. The molecule has 0 radical (unpaired) electrons. The van der Waals surface area contributed by atoms with E-state index in [1.165, 1.54) is 24.8 Å². The van der Waals surface area contributed by atoms with Gasteiger partial charge in [-0.1, -0.05) is 18.9 Å². The molecule has 0 spiro atoms. The van der Waals surface area contributed by atoms with E-state index in [1.54, 1.807) is 0 Å². The van der Waals surface area contributed by atoms with Crippen LogP contribution in [0.4, 0.5) is 0 Å².